The van der Waals surface area contributed by atoms with E-state index in [1.807, 2.05) is 0 Å². The molecule has 0 atom stereocenters. The molecule has 0 saturated carbocycles. The molecule has 1 aromatic rings. The van der Waals surface area contributed by atoms with Crippen molar-refractivity contribution in [3.63, 3.8) is 0 Å². The average Bonchev–Trinajstić information content (AvgIpc) is 2.27. The lowest BCUT2D eigenvalue weighted by Gasteiger charge is -2.24. The van der Waals surface area contributed by atoms with Gasteiger partial charge in [-0.05, 0) is 26.3 Å². The Balaban J connectivity index is 2.94. The first-order valence-corrected chi connectivity index (χ1v) is 5.30. The summed E-state index contributed by atoms with van der Waals surface area (Å²) < 4.78 is 0. The Morgan fingerprint density at radius 1 is 1.14 bits per heavy atom. The smallest absolute Gasteiger partial charge is 0.0396 e. The van der Waals surface area contributed by atoms with Crippen LogP contribution >= 0.6 is 0 Å². The monoisotopic (exact) mass is 189 g/mol. The van der Waals surface area contributed by atoms with Gasteiger partial charge in [-0.3, -0.25) is 0 Å². The Morgan fingerprint density at radius 2 is 1.71 bits per heavy atom. The van der Waals surface area contributed by atoms with Crippen LogP contribution in [0.15, 0.2) is 36.4 Å². The highest BCUT2D eigenvalue weighted by molar-refractivity contribution is 5.63. The predicted molar refractivity (Wildman–Crippen MR) is 63.0 cm³/mol. The first kappa shape index (κ1) is 10.8. The fourth-order valence-corrected chi connectivity index (χ4v) is 1.71. The van der Waals surface area contributed by atoms with Gasteiger partial charge in [0.25, 0.3) is 0 Å². The second-order valence-corrected chi connectivity index (χ2v) is 3.21. The van der Waals surface area contributed by atoms with Crippen LogP contribution in [-0.2, 0) is 0 Å². The van der Waals surface area contributed by atoms with Crippen LogP contribution in [0.25, 0.3) is 5.70 Å². The van der Waals surface area contributed by atoms with Crippen molar-refractivity contribution in [2.24, 2.45) is 0 Å². The highest BCUT2D eigenvalue weighted by Crippen LogP contribution is 2.17. The largest absolute Gasteiger partial charge is 0.372 e. The summed E-state index contributed by atoms with van der Waals surface area (Å²) in [5.74, 6) is 0. The molecule has 0 aliphatic rings. The summed E-state index contributed by atoms with van der Waals surface area (Å²) in [5.41, 5.74) is 2.63. The van der Waals surface area contributed by atoms with E-state index >= 15 is 0 Å². The Hall–Kier alpha value is -1.24. The number of nitrogens with zero attached hydrogens (tertiary/aromatic N) is 1. The summed E-state index contributed by atoms with van der Waals surface area (Å²) >= 11 is 0. The van der Waals surface area contributed by atoms with Gasteiger partial charge in [-0.1, -0.05) is 36.4 Å². The van der Waals surface area contributed by atoms with Crippen LogP contribution in [0.4, 0.5) is 0 Å². The molecular weight excluding hydrogens is 170 g/mol. The number of benzene rings is 1. The molecule has 14 heavy (non-hydrogen) atoms. The molecule has 0 saturated heterocycles. The topological polar surface area (TPSA) is 3.24 Å². The van der Waals surface area contributed by atoms with E-state index < -0.39 is 0 Å². The van der Waals surface area contributed by atoms with Crippen LogP contribution in [0.1, 0.15) is 26.3 Å². The van der Waals surface area contributed by atoms with E-state index in [1.165, 1.54) is 11.3 Å². The third kappa shape index (κ3) is 2.38. The summed E-state index contributed by atoms with van der Waals surface area (Å²) in [7, 11) is 0. The summed E-state index contributed by atoms with van der Waals surface area (Å²) in [5, 5.41) is 0. The minimum atomic E-state index is 1.06. The quantitative estimate of drug-likeness (QED) is 0.701. The van der Waals surface area contributed by atoms with E-state index in [4.69, 9.17) is 0 Å². The zero-order valence-corrected chi connectivity index (χ0v) is 9.33. The van der Waals surface area contributed by atoms with Gasteiger partial charge in [0.15, 0.2) is 0 Å². The van der Waals surface area contributed by atoms with Crippen LogP contribution in [0, 0.1) is 0 Å². The van der Waals surface area contributed by atoms with Crippen molar-refractivity contribution < 1.29 is 0 Å². The van der Waals surface area contributed by atoms with Crippen molar-refractivity contribution in [2.75, 3.05) is 13.1 Å². The molecule has 0 fully saturated rings. The van der Waals surface area contributed by atoms with E-state index in [-0.39, 0.29) is 0 Å². The summed E-state index contributed by atoms with van der Waals surface area (Å²) in [6.07, 6.45) is 2.18. The molecule has 0 aliphatic heterocycles. The number of hydrogen-bond donors (Lipinski definition) is 0. The maximum Gasteiger partial charge on any atom is 0.0396 e. The lowest BCUT2D eigenvalue weighted by molar-refractivity contribution is 0.441. The van der Waals surface area contributed by atoms with Gasteiger partial charge in [-0.25, -0.2) is 0 Å². The van der Waals surface area contributed by atoms with Gasteiger partial charge in [0.1, 0.15) is 0 Å². The maximum absolute atomic E-state index is 2.37. The van der Waals surface area contributed by atoms with E-state index in [1.54, 1.807) is 0 Å². The molecule has 0 N–H and O–H groups in total. The molecule has 0 heterocycles. The molecule has 0 aromatic heterocycles. The Kier molecular flexibility index (Phi) is 4.24. The van der Waals surface area contributed by atoms with Gasteiger partial charge in [-0.15, -0.1) is 0 Å². The SMILES string of the molecule is C/C=C(\c1ccccc1)N(CC)CC. The van der Waals surface area contributed by atoms with Crippen molar-refractivity contribution in [2.45, 2.75) is 20.8 Å². The van der Waals surface area contributed by atoms with Gasteiger partial charge in [0.2, 0.25) is 0 Å². The van der Waals surface area contributed by atoms with Crippen LogP contribution in [0.5, 0.6) is 0 Å². The molecule has 1 nitrogen and oxygen atoms in total. The van der Waals surface area contributed by atoms with Crippen LogP contribution < -0.4 is 0 Å². The van der Waals surface area contributed by atoms with Crippen LogP contribution in [0.2, 0.25) is 0 Å². The number of allylic oxidation sites excluding steroid dienone is 1. The molecule has 0 amide bonds. The molecule has 1 rings (SSSR count). The van der Waals surface area contributed by atoms with Crippen LogP contribution in [-0.4, -0.2) is 18.0 Å². The molecule has 0 unspecified atom stereocenters. The molecule has 1 heteroatoms. The van der Waals surface area contributed by atoms with Gasteiger partial charge >= 0.3 is 0 Å². The fourth-order valence-electron chi connectivity index (χ4n) is 1.71. The standard InChI is InChI=1S/C13H19N/c1-4-13(14(5-2)6-3)12-10-8-7-9-11-12/h4,7-11H,5-6H2,1-3H3/b13-4+. The zero-order chi connectivity index (χ0) is 10.4. The van der Waals surface area contributed by atoms with Gasteiger partial charge in [0.05, 0.1) is 0 Å². The molecule has 0 spiro atoms. The summed E-state index contributed by atoms with van der Waals surface area (Å²) in [6, 6.07) is 10.5. The van der Waals surface area contributed by atoms with Crippen molar-refractivity contribution in [1.29, 1.82) is 0 Å². The normalized spacial score (nSPS) is 11.5. The fraction of sp³-hybridized carbons (Fsp3) is 0.385. The second kappa shape index (κ2) is 5.48. The van der Waals surface area contributed by atoms with Crippen molar-refractivity contribution in [3.05, 3.63) is 42.0 Å². The summed E-state index contributed by atoms with van der Waals surface area (Å²) in [6.45, 7) is 8.60. The third-order valence-corrected chi connectivity index (χ3v) is 2.45. The van der Waals surface area contributed by atoms with Crippen molar-refractivity contribution >= 4 is 5.70 Å². The molecule has 1 aromatic carbocycles. The second-order valence-electron chi connectivity index (χ2n) is 3.21. The van der Waals surface area contributed by atoms with E-state index in [9.17, 15) is 0 Å². The molecular formula is C13H19N. The average molecular weight is 189 g/mol. The highest BCUT2D eigenvalue weighted by atomic mass is 15.1. The Morgan fingerprint density at radius 3 is 2.14 bits per heavy atom. The zero-order valence-electron chi connectivity index (χ0n) is 9.33. The molecule has 0 radical (unpaired) electrons. The van der Waals surface area contributed by atoms with Crippen LogP contribution in [0.3, 0.4) is 0 Å². The Bertz CT molecular complexity index is 283. The van der Waals surface area contributed by atoms with E-state index in [0.29, 0.717) is 0 Å². The number of rotatable bonds is 4. The van der Waals surface area contributed by atoms with Crippen molar-refractivity contribution in [1.82, 2.24) is 4.90 Å². The lowest BCUT2D eigenvalue weighted by atomic mass is 10.1. The van der Waals surface area contributed by atoms with E-state index in [0.717, 1.165) is 13.1 Å². The minimum Gasteiger partial charge on any atom is -0.372 e. The van der Waals surface area contributed by atoms with Crippen molar-refractivity contribution in [3.8, 4) is 0 Å². The first-order chi connectivity index (χ1) is 6.83. The Labute approximate surface area is 87.1 Å². The van der Waals surface area contributed by atoms with Gasteiger partial charge in [-0.2, -0.15) is 0 Å². The van der Waals surface area contributed by atoms with Gasteiger partial charge < -0.3 is 4.90 Å². The third-order valence-electron chi connectivity index (χ3n) is 2.45. The maximum atomic E-state index is 2.37. The summed E-state index contributed by atoms with van der Waals surface area (Å²) in [4.78, 5) is 2.37. The molecule has 0 bridgehead atoms. The van der Waals surface area contributed by atoms with Gasteiger partial charge in [0, 0.05) is 18.8 Å². The first-order valence-electron chi connectivity index (χ1n) is 5.30. The predicted octanol–water partition coefficient (Wildman–Crippen LogP) is 3.39. The molecule has 76 valence electrons. The van der Waals surface area contributed by atoms with E-state index in [2.05, 4.69) is 62.1 Å². The molecule has 0 aliphatic carbocycles. The highest BCUT2D eigenvalue weighted by Gasteiger charge is 2.05. The number of hydrogen-bond acceptors (Lipinski definition) is 1. The lowest BCUT2D eigenvalue weighted by Crippen LogP contribution is -2.21. The minimum absolute atomic E-state index is 1.06.